The molecule has 1 amide bonds. The topological polar surface area (TPSA) is 68.0 Å². The molecule has 0 spiro atoms. The van der Waals surface area contributed by atoms with Crippen LogP contribution in [0.15, 0.2) is 36.5 Å². The molecule has 2 aromatic rings. The van der Waals surface area contributed by atoms with Crippen molar-refractivity contribution in [2.45, 2.75) is 32.4 Å². The summed E-state index contributed by atoms with van der Waals surface area (Å²) in [6.07, 6.45) is 2.82. The molecule has 0 radical (unpaired) electrons. The van der Waals surface area contributed by atoms with Crippen molar-refractivity contribution in [1.29, 1.82) is 0 Å². The Balaban J connectivity index is 2.00. The Kier molecular flexibility index (Phi) is 4.87. The normalized spacial score (nSPS) is 13.8. The first-order valence-corrected chi connectivity index (χ1v) is 7.49. The van der Waals surface area contributed by atoms with Crippen LogP contribution in [-0.2, 0) is 11.2 Å². The number of hydrogen-bond donors (Lipinski definition) is 2. The van der Waals surface area contributed by atoms with Crippen LogP contribution in [0.3, 0.4) is 0 Å². The van der Waals surface area contributed by atoms with Gasteiger partial charge in [-0.3, -0.25) is 4.79 Å². The number of rotatable bonds is 5. The molecule has 0 aliphatic rings. The molecule has 0 saturated carbocycles. The van der Waals surface area contributed by atoms with E-state index < -0.39 is 6.04 Å². The van der Waals surface area contributed by atoms with Crippen molar-refractivity contribution in [3.8, 4) is 0 Å². The number of carbonyl (C=O) groups is 1. The van der Waals surface area contributed by atoms with Crippen LogP contribution in [0.4, 0.5) is 0 Å². The second-order valence-corrected chi connectivity index (χ2v) is 5.78. The van der Waals surface area contributed by atoms with Gasteiger partial charge in [0.05, 0.1) is 6.04 Å². The quantitative estimate of drug-likeness (QED) is 0.889. The molecular formula is C15H19N3OS. The first kappa shape index (κ1) is 14.7. The van der Waals surface area contributed by atoms with Gasteiger partial charge in [-0.25, -0.2) is 4.98 Å². The average Bonchev–Trinajstić information content (AvgIpc) is 2.96. The van der Waals surface area contributed by atoms with Gasteiger partial charge < -0.3 is 11.1 Å². The molecule has 4 nitrogen and oxygen atoms in total. The molecule has 20 heavy (non-hydrogen) atoms. The van der Waals surface area contributed by atoms with Crippen molar-refractivity contribution in [2.24, 2.45) is 5.73 Å². The van der Waals surface area contributed by atoms with Gasteiger partial charge in [0.25, 0.3) is 0 Å². The molecule has 1 unspecified atom stereocenters. The van der Waals surface area contributed by atoms with Crippen LogP contribution < -0.4 is 11.1 Å². The van der Waals surface area contributed by atoms with E-state index in [4.69, 9.17) is 5.73 Å². The zero-order valence-electron chi connectivity index (χ0n) is 11.7. The van der Waals surface area contributed by atoms with Gasteiger partial charge in [0.1, 0.15) is 11.0 Å². The molecule has 1 heterocycles. The van der Waals surface area contributed by atoms with E-state index in [-0.39, 0.29) is 11.9 Å². The van der Waals surface area contributed by atoms with Crippen molar-refractivity contribution < 1.29 is 4.79 Å². The maximum absolute atomic E-state index is 12.1. The lowest BCUT2D eigenvalue weighted by Gasteiger charge is -2.16. The van der Waals surface area contributed by atoms with E-state index >= 15 is 0 Å². The number of nitrogens with two attached hydrogens (primary N) is 1. The number of thiazole rings is 1. The highest BCUT2D eigenvalue weighted by atomic mass is 32.1. The average molecular weight is 289 g/mol. The third kappa shape index (κ3) is 3.43. The molecule has 2 rings (SSSR count). The largest absolute Gasteiger partial charge is 0.345 e. The zero-order valence-corrected chi connectivity index (χ0v) is 12.5. The summed E-state index contributed by atoms with van der Waals surface area (Å²) < 4.78 is 0. The maximum atomic E-state index is 12.1. The predicted molar refractivity (Wildman–Crippen MR) is 81.4 cm³/mol. The van der Waals surface area contributed by atoms with E-state index in [0.717, 1.165) is 17.0 Å². The van der Waals surface area contributed by atoms with Gasteiger partial charge in [-0.05, 0) is 18.9 Å². The van der Waals surface area contributed by atoms with Crippen LogP contribution in [0.1, 0.15) is 41.4 Å². The highest BCUT2D eigenvalue weighted by Crippen LogP contribution is 2.21. The first-order valence-electron chi connectivity index (χ1n) is 6.67. The molecule has 1 aromatic carbocycles. The van der Waals surface area contributed by atoms with Gasteiger partial charge in [0.15, 0.2) is 0 Å². The van der Waals surface area contributed by atoms with Crippen molar-refractivity contribution in [3.05, 3.63) is 52.0 Å². The number of benzene rings is 1. The molecule has 106 valence electrons. The maximum Gasteiger partial charge on any atom is 0.242 e. The second kappa shape index (κ2) is 6.63. The Morgan fingerprint density at radius 3 is 2.70 bits per heavy atom. The Morgan fingerprint density at radius 1 is 1.40 bits per heavy atom. The lowest BCUT2D eigenvalue weighted by atomic mass is 10.1. The van der Waals surface area contributed by atoms with Crippen molar-refractivity contribution in [1.82, 2.24) is 10.3 Å². The minimum absolute atomic E-state index is 0.123. The van der Waals surface area contributed by atoms with Crippen LogP contribution in [0.2, 0.25) is 0 Å². The van der Waals surface area contributed by atoms with Crippen LogP contribution in [0, 0.1) is 0 Å². The van der Waals surface area contributed by atoms with Crippen LogP contribution >= 0.6 is 11.3 Å². The summed E-state index contributed by atoms with van der Waals surface area (Å²) >= 11 is 1.62. The summed E-state index contributed by atoms with van der Waals surface area (Å²) in [5.74, 6) is -0.183. The predicted octanol–water partition coefficient (Wildman–Crippen LogP) is 2.58. The number of aromatic nitrogens is 1. The Bertz CT molecular complexity index is 568. The third-order valence-electron chi connectivity index (χ3n) is 3.09. The smallest absolute Gasteiger partial charge is 0.242 e. The molecule has 3 N–H and O–H groups in total. The molecule has 5 heteroatoms. The van der Waals surface area contributed by atoms with Gasteiger partial charge in [0, 0.05) is 11.1 Å². The zero-order chi connectivity index (χ0) is 14.5. The number of nitrogens with zero attached hydrogens (tertiary/aromatic N) is 1. The Morgan fingerprint density at radius 2 is 2.10 bits per heavy atom. The third-order valence-corrected chi connectivity index (χ3v) is 4.41. The fraction of sp³-hybridized carbons (Fsp3) is 0.333. The van der Waals surface area contributed by atoms with Crippen molar-refractivity contribution in [2.75, 3.05) is 0 Å². The Labute approximate surface area is 123 Å². The summed E-state index contributed by atoms with van der Waals surface area (Å²) in [6.45, 7) is 4.01. The number of hydrogen-bond acceptors (Lipinski definition) is 4. The van der Waals surface area contributed by atoms with Gasteiger partial charge in [0.2, 0.25) is 5.91 Å². The van der Waals surface area contributed by atoms with Crippen LogP contribution in [0.5, 0.6) is 0 Å². The molecule has 2 atom stereocenters. The van der Waals surface area contributed by atoms with Gasteiger partial charge in [-0.2, -0.15) is 0 Å². The summed E-state index contributed by atoms with van der Waals surface area (Å²) in [5.41, 5.74) is 6.78. The molecular weight excluding hydrogens is 270 g/mol. The fourth-order valence-electron chi connectivity index (χ4n) is 1.86. The van der Waals surface area contributed by atoms with E-state index in [9.17, 15) is 4.79 Å². The highest BCUT2D eigenvalue weighted by Gasteiger charge is 2.19. The fourth-order valence-corrected chi connectivity index (χ4v) is 2.72. The van der Waals surface area contributed by atoms with Gasteiger partial charge >= 0.3 is 0 Å². The minimum Gasteiger partial charge on any atom is -0.345 e. The minimum atomic E-state index is -0.649. The molecule has 0 saturated heterocycles. The van der Waals surface area contributed by atoms with Gasteiger partial charge in [-0.15, -0.1) is 11.3 Å². The van der Waals surface area contributed by atoms with E-state index in [1.54, 1.807) is 11.3 Å². The lowest BCUT2D eigenvalue weighted by Crippen LogP contribution is -2.35. The number of nitrogens with one attached hydrogen (secondary N) is 1. The van der Waals surface area contributed by atoms with Gasteiger partial charge in [-0.1, -0.05) is 37.3 Å². The molecule has 0 fully saturated rings. The van der Waals surface area contributed by atoms with Crippen molar-refractivity contribution >= 4 is 17.2 Å². The number of carbonyl (C=O) groups excluding carboxylic acids is 1. The lowest BCUT2D eigenvalue weighted by molar-refractivity contribution is -0.123. The number of amides is 1. The highest BCUT2D eigenvalue weighted by molar-refractivity contribution is 7.11. The molecule has 0 aliphatic carbocycles. The molecule has 0 aliphatic heterocycles. The van der Waals surface area contributed by atoms with E-state index in [1.807, 2.05) is 43.5 Å². The molecule has 1 aromatic heterocycles. The second-order valence-electron chi connectivity index (χ2n) is 4.64. The summed E-state index contributed by atoms with van der Waals surface area (Å²) in [5, 5.41) is 3.83. The first-order chi connectivity index (χ1) is 9.61. The summed E-state index contributed by atoms with van der Waals surface area (Å²) in [7, 11) is 0. The SMILES string of the molecule is CCc1cnc(C(C)NC(=O)[C@@H](N)c2ccccc2)s1. The Hall–Kier alpha value is -1.72. The van der Waals surface area contributed by atoms with E-state index in [0.29, 0.717) is 0 Å². The summed E-state index contributed by atoms with van der Waals surface area (Å²) in [4.78, 5) is 17.7. The van der Waals surface area contributed by atoms with Crippen LogP contribution in [0.25, 0.3) is 0 Å². The molecule has 0 bridgehead atoms. The number of aryl methyl sites for hydroxylation is 1. The monoisotopic (exact) mass is 289 g/mol. The van der Waals surface area contributed by atoms with Crippen LogP contribution in [-0.4, -0.2) is 10.9 Å². The summed E-state index contributed by atoms with van der Waals surface area (Å²) in [6, 6.07) is 8.59. The standard InChI is InChI=1S/C15H19N3OS/c1-3-12-9-17-15(20-12)10(2)18-14(19)13(16)11-7-5-4-6-8-11/h4-10,13H,3,16H2,1-2H3,(H,18,19)/t10?,13-/m0/s1. The van der Waals surface area contributed by atoms with E-state index in [2.05, 4.69) is 17.2 Å². The van der Waals surface area contributed by atoms with E-state index in [1.165, 1.54) is 4.88 Å². The van der Waals surface area contributed by atoms with Crippen molar-refractivity contribution in [3.63, 3.8) is 0 Å².